The molecule has 0 bridgehead atoms. The quantitative estimate of drug-likeness (QED) is 0.617. The van der Waals surface area contributed by atoms with Gasteiger partial charge in [-0.2, -0.15) is 0 Å². The lowest BCUT2D eigenvalue weighted by Gasteiger charge is -2.28. The van der Waals surface area contributed by atoms with Crippen molar-refractivity contribution in [2.45, 2.75) is 45.3 Å². The minimum atomic E-state index is -0.754. The number of ether oxygens (including phenoxy) is 2. The van der Waals surface area contributed by atoms with Gasteiger partial charge in [0.1, 0.15) is 29.8 Å². The van der Waals surface area contributed by atoms with Crippen LogP contribution >= 0.6 is 11.6 Å². The number of benzene rings is 2. The van der Waals surface area contributed by atoms with Crippen LogP contribution in [0.15, 0.2) is 42.5 Å². The van der Waals surface area contributed by atoms with E-state index in [-0.39, 0.29) is 23.1 Å². The smallest absolute Gasteiger partial charge is 0.410 e. The van der Waals surface area contributed by atoms with Crippen LogP contribution in [0.5, 0.6) is 5.75 Å². The monoisotopic (exact) mass is 472 g/mol. The highest BCUT2D eigenvalue weighted by atomic mass is 35.5. The van der Waals surface area contributed by atoms with Gasteiger partial charge in [0.25, 0.3) is 0 Å². The Morgan fingerprint density at radius 3 is 2.67 bits per heavy atom. The summed E-state index contributed by atoms with van der Waals surface area (Å²) in [7, 11) is 0. The molecule has 0 aromatic heterocycles. The molecule has 0 saturated carbocycles. The Kier molecular flexibility index (Phi) is 7.83. The van der Waals surface area contributed by atoms with E-state index in [0.717, 1.165) is 11.6 Å². The molecular formula is C25H26ClFN2O4. The topological polar surface area (TPSA) is 67.9 Å². The van der Waals surface area contributed by atoms with Crippen LogP contribution in [-0.4, -0.2) is 41.7 Å². The molecule has 1 atom stereocenters. The lowest BCUT2D eigenvalue weighted by molar-refractivity contribution is -0.120. The number of amides is 2. The molecule has 2 amide bonds. The van der Waals surface area contributed by atoms with E-state index >= 15 is 0 Å². The lowest BCUT2D eigenvalue weighted by atomic mass is 10.2. The highest BCUT2D eigenvalue weighted by Gasteiger charge is 2.37. The molecule has 174 valence electrons. The first-order chi connectivity index (χ1) is 15.6. The van der Waals surface area contributed by atoms with Gasteiger partial charge in [-0.3, -0.25) is 9.69 Å². The van der Waals surface area contributed by atoms with Crippen LogP contribution in [0, 0.1) is 17.7 Å². The van der Waals surface area contributed by atoms with Crippen LogP contribution in [0.1, 0.15) is 39.2 Å². The fraction of sp³-hybridized carbons (Fsp3) is 0.360. The molecule has 0 aliphatic carbocycles. The Bertz CT molecular complexity index is 1070. The summed E-state index contributed by atoms with van der Waals surface area (Å²) in [4.78, 5) is 26.6. The molecule has 1 heterocycles. The zero-order valence-electron chi connectivity index (χ0n) is 18.8. The third-order valence-corrected chi connectivity index (χ3v) is 5.06. The second-order valence-corrected chi connectivity index (χ2v) is 8.95. The number of carbonyl (C=O) groups is 2. The summed E-state index contributed by atoms with van der Waals surface area (Å²) in [5.74, 6) is 4.78. The maximum atomic E-state index is 14.5. The van der Waals surface area contributed by atoms with Crippen LogP contribution < -0.4 is 10.1 Å². The average molecular weight is 473 g/mol. The Morgan fingerprint density at radius 2 is 1.97 bits per heavy atom. The van der Waals surface area contributed by atoms with E-state index in [1.807, 2.05) is 30.3 Å². The fourth-order valence-electron chi connectivity index (χ4n) is 3.30. The molecule has 2 aromatic carbocycles. The van der Waals surface area contributed by atoms with Crippen molar-refractivity contribution in [1.29, 1.82) is 0 Å². The number of halogens is 2. The van der Waals surface area contributed by atoms with Crippen molar-refractivity contribution in [2.75, 3.05) is 18.5 Å². The zero-order valence-corrected chi connectivity index (χ0v) is 19.5. The molecule has 1 unspecified atom stereocenters. The Hall–Kier alpha value is -3.24. The summed E-state index contributed by atoms with van der Waals surface area (Å²) >= 11 is 6.09. The summed E-state index contributed by atoms with van der Waals surface area (Å²) in [5, 5.41) is 2.60. The Morgan fingerprint density at radius 1 is 1.24 bits per heavy atom. The molecule has 1 aliphatic rings. The largest absolute Gasteiger partial charge is 0.479 e. The summed E-state index contributed by atoms with van der Waals surface area (Å²) in [6.45, 7) is 5.69. The number of hydrogen-bond donors (Lipinski definition) is 1. The van der Waals surface area contributed by atoms with Crippen molar-refractivity contribution in [3.63, 3.8) is 0 Å². The summed E-state index contributed by atoms with van der Waals surface area (Å²) < 4.78 is 25.4. The van der Waals surface area contributed by atoms with Crippen molar-refractivity contribution in [3.8, 4) is 17.6 Å². The van der Waals surface area contributed by atoms with Crippen LogP contribution in [-0.2, 0) is 9.53 Å². The second kappa shape index (κ2) is 10.6. The first kappa shape index (κ1) is 24.4. The van der Waals surface area contributed by atoms with Crippen molar-refractivity contribution < 1.29 is 23.5 Å². The van der Waals surface area contributed by atoms with E-state index in [0.29, 0.717) is 19.4 Å². The van der Waals surface area contributed by atoms with Crippen molar-refractivity contribution in [2.24, 2.45) is 0 Å². The molecule has 8 heteroatoms. The number of hydrogen-bond acceptors (Lipinski definition) is 4. The first-order valence-corrected chi connectivity index (χ1v) is 11.0. The fourth-order valence-corrected chi connectivity index (χ4v) is 3.51. The van der Waals surface area contributed by atoms with Crippen molar-refractivity contribution >= 4 is 29.3 Å². The van der Waals surface area contributed by atoms with Gasteiger partial charge >= 0.3 is 6.09 Å². The van der Waals surface area contributed by atoms with E-state index in [2.05, 4.69) is 17.2 Å². The maximum Gasteiger partial charge on any atom is 0.410 e. The molecule has 0 spiro atoms. The first-order valence-electron chi connectivity index (χ1n) is 10.6. The van der Waals surface area contributed by atoms with E-state index in [4.69, 9.17) is 21.1 Å². The number of nitrogens with one attached hydrogen (secondary N) is 1. The highest BCUT2D eigenvalue weighted by Crippen LogP contribution is 2.31. The number of rotatable bonds is 4. The van der Waals surface area contributed by atoms with Crippen LogP contribution in [0.25, 0.3) is 0 Å². The van der Waals surface area contributed by atoms with Gasteiger partial charge in [-0.05, 0) is 51.8 Å². The number of likely N-dealkylation sites (tertiary alicyclic amines) is 1. The molecular weight excluding hydrogens is 447 g/mol. The van der Waals surface area contributed by atoms with E-state index in [9.17, 15) is 14.0 Å². The molecule has 33 heavy (non-hydrogen) atoms. The van der Waals surface area contributed by atoms with Gasteiger partial charge in [-0.1, -0.05) is 41.6 Å². The zero-order chi connectivity index (χ0) is 24.0. The molecule has 1 aliphatic heterocycles. The van der Waals surface area contributed by atoms with Crippen molar-refractivity contribution in [1.82, 2.24) is 4.90 Å². The highest BCUT2D eigenvalue weighted by molar-refractivity contribution is 6.32. The minimum absolute atomic E-state index is 0.0304. The predicted octanol–water partition coefficient (Wildman–Crippen LogP) is 5.25. The van der Waals surface area contributed by atoms with Gasteiger partial charge in [0, 0.05) is 18.2 Å². The van der Waals surface area contributed by atoms with E-state index < -0.39 is 29.5 Å². The molecule has 1 fully saturated rings. The maximum absolute atomic E-state index is 14.5. The third kappa shape index (κ3) is 6.87. The third-order valence-electron chi connectivity index (χ3n) is 4.77. The van der Waals surface area contributed by atoms with Gasteiger partial charge in [0.05, 0.1) is 10.7 Å². The molecule has 2 aromatic rings. The molecule has 6 nitrogen and oxygen atoms in total. The summed E-state index contributed by atoms with van der Waals surface area (Å²) in [5.41, 5.74) is 0.0651. The van der Waals surface area contributed by atoms with E-state index in [1.165, 1.54) is 11.0 Å². The molecule has 3 rings (SSSR count). The summed E-state index contributed by atoms with van der Waals surface area (Å²) in [6, 6.07) is 11.0. The Balaban J connectivity index is 1.67. The number of nitrogens with zero attached hydrogens (tertiary/aromatic N) is 1. The van der Waals surface area contributed by atoms with Gasteiger partial charge in [-0.25, -0.2) is 9.18 Å². The minimum Gasteiger partial charge on any atom is -0.479 e. The Labute approximate surface area is 198 Å². The average Bonchev–Trinajstić information content (AvgIpc) is 3.24. The molecule has 1 N–H and O–H groups in total. The van der Waals surface area contributed by atoms with Crippen LogP contribution in [0.3, 0.4) is 0 Å². The molecule has 1 saturated heterocycles. The lowest BCUT2D eigenvalue weighted by Crippen LogP contribution is -2.45. The van der Waals surface area contributed by atoms with Gasteiger partial charge < -0.3 is 14.8 Å². The number of anilines is 1. The second-order valence-electron chi connectivity index (χ2n) is 8.54. The number of carbonyl (C=O) groups excluding carboxylic acids is 2. The normalized spacial score (nSPS) is 15.4. The standard InChI is InChI=1S/C25H26ClFN2O4/c1-25(2,3)33-24(31)29-13-7-12-21(29)23(30)28-20-16-22(18(26)15-19(20)27)32-14-8-11-17-9-5-4-6-10-17/h4-6,9-10,15-16,21H,7,12-14H2,1-3H3,(H,28,30). The van der Waals surface area contributed by atoms with Gasteiger partial charge in [0.2, 0.25) is 5.91 Å². The van der Waals surface area contributed by atoms with E-state index in [1.54, 1.807) is 20.8 Å². The van der Waals surface area contributed by atoms with Crippen LogP contribution in [0.4, 0.5) is 14.9 Å². The SMILES string of the molecule is CC(C)(C)OC(=O)N1CCCC1C(=O)Nc1cc(OCC#Cc2ccccc2)c(Cl)cc1F. The van der Waals surface area contributed by atoms with Gasteiger partial charge in [-0.15, -0.1) is 0 Å². The summed E-state index contributed by atoms with van der Waals surface area (Å²) in [6.07, 6.45) is 0.533. The van der Waals surface area contributed by atoms with Crippen molar-refractivity contribution in [3.05, 3.63) is 58.9 Å². The molecule has 0 radical (unpaired) electrons. The van der Waals surface area contributed by atoms with Gasteiger partial charge in [0.15, 0.2) is 0 Å². The van der Waals surface area contributed by atoms with Crippen LogP contribution in [0.2, 0.25) is 5.02 Å². The predicted molar refractivity (Wildman–Crippen MR) is 125 cm³/mol.